The van der Waals surface area contributed by atoms with Gasteiger partial charge in [0.05, 0.1) is 17.9 Å². The molecule has 1 saturated heterocycles. The molecule has 0 unspecified atom stereocenters. The van der Waals surface area contributed by atoms with Gasteiger partial charge in [0, 0.05) is 37.9 Å². The number of hydrogen-bond acceptors (Lipinski definition) is 4. The number of likely N-dealkylation sites (N-methyl/N-ethyl adjacent to an activating group) is 1. The Labute approximate surface area is 190 Å². The molecule has 3 rings (SSSR count). The number of halogens is 2. The average Bonchev–Trinajstić information content (AvgIpc) is 2.75. The van der Waals surface area contributed by atoms with E-state index in [0.717, 1.165) is 56.5 Å². The predicted octanol–water partition coefficient (Wildman–Crippen LogP) is 5.29. The molecule has 0 spiro atoms. The van der Waals surface area contributed by atoms with Crippen LogP contribution in [0.1, 0.15) is 24.0 Å². The highest BCUT2D eigenvalue weighted by molar-refractivity contribution is 5.72. The van der Waals surface area contributed by atoms with Crippen LogP contribution in [-0.4, -0.2) is 51.4 Å². The van der Waals surface area contributed by atoms with Gasteiger partial charge >= 0.3 is 0 Å². The normalized spacial score (nSPS) is 14.6. The highest BCUT2D eigenvalue weighted by Gasteiger charge is 2.22. The van der Waals surface area contributed by atoms with Crippen molar-refractivity contribution in [3.8, 4) is 0 Å². The van der Waals surface area contributed by atoms with Gasteiger partial charge in [-0.1, -0.05) is 18.7 Å². The Morgan fingerprint density at radius 1 is 1.19 bits per heavy atom. The average molecular weight is 441 g/mol. The zero-order valence-corrected chi connectivity index (χ0v) is 19.2. The number of anilines is 2. The largest absolute Gasteiger partial charge is 0.370 e. The summed E-state index contributed by atoms with van der Waals surface area (Å²) in [5.74, 6) is -0.564. The van der Waals surface area contributed by atoms with Gasteiger partial charge in [-0.2, -0.15) is 0 Å². The highest BCUT2D eigenvalue weighted by atomic mass is 19.1. The van der Waals surface area contributed by atoms with Crippen molar-refractivity contribution in [2.75, 3.05) is 50.0 Å². The Hall–Kier alpha value is -2.73. The van der Waals surface area contributed by atoms with Crippen LogP contribution in [0.2, 0.25) is 0 Å². The van der Waals surface area contributed by atoms with Crippen molar-refractivity contribution in [1.29, 1.82) is 0 Å². The molecule has 0 aromatic heterocycles. The zero-order chi connectivity index (χ0) is 23.1. The molecule has 2 aromatic rings. The van der Waals surface area contributed by atoms with Crippen LogP contribution in [0.4, 0.5) is 20.2 Å². The molecule has 0 atom stereocenters. The Balaban J connectivity index is 1.61. The third-order valence-corrected chi connectivity index (χ3v) is 6.04. The number of aryl methyl sites for hydroxylation is 1. The maximum Gasteiger partial charge on any atom is 0.129 e. The number of piperidine rings is 1. The van der Waals surface area contributed by atoms with Crippen LogP contribution in [0.3, 0.4) is 0 Å². The van der Waals surface area contributed by atoms with E-state index in [0.29, 0.717) is 24.4 Å². The molecule has 172 valence electrons. The van der Waals surface area contributed by atoms with Crippen LogP contribution in [0, 0.1) is 24.5 Å². The molecule has 0 radical (unpaired) electrons. The van der Waals surface area contributed by atoms with E-state index in [9.17, 15) is 8.78 Å². The number of rotatable bonds is 10. The number of benzene rings is 2. The van der Waals surface area contributed by atoms with Gasteiger partial charge in [0.1, 0.15) is 11.6 Å². The maximum atomic E-state index is 14.0. The summed E-state index contributed by atoms with van der Waals surface area (Å²) in [5, 5.41) is 3.51. The van der Waals surface area contributed by atoms with E-state index >= 15 is 0 Å². The monoisotopic (exact) mass is 440 g/mol. The molecule has 0 bridgehead atoms. The summed E-state index contributed by atoms with van der Waals surface area (Å²) in [6.45, 7) is 13.9. The van der Waals surface area contributed by atoms with Crippen LogP contribution in [0.15, 0.2) is 53.7 Å². The molecule has 0 saturated carbocycles. The van der Waals surface area contributed by atoms with Crippen LogP contribution >= 0.6 is 0 Å². The first-order valence-electron chi connectivity index (χ1n) is 11.2. The van der Waals surface area contributed by atoms with Gasteiger partial charge in [0.15, 0.2) is 0 Å². The minimum Gasteiger partial charge on any atom is -0.370 e. The van der Waals surface area contributed by atoms with Gasteiger partial charge in [-0.3, -0.25) is 9.89 Å². The lowest BCUT2D eigenvalue weighted by Crippen LogP contribution is -2.35. The molecule has 1 N–H and O–H groups in total. The van der Waals surface area contributed by atoms with Crippen molar-refractivity contribution in [2.24, 2.45) is 10.9 Å². The summed E-state index contributed by atoms with van der Waals surface area (Å²) in [6, 6.07) is 10.4. The first kappa shape index (κ1) is 23.9. The van der Waals surface area contributed by atoms with Gasteiger partial charge in [-0.15, -0.1) is 0 Å². The number of aliphatic imine (C=N–C) groups is 1. The van der Waals surface area contributed by atoms with E-state index in [1.807, 2.05) is 7.05 Å². The fourth-order valence-electron chi connectivity index (χ4n) is 4.28. The Bertz CT molecular complexity index is 935. The van der Waals surface area contributed by atoms with Crippen LogP contribution in [-0.2, 0) is 6.42 Å². The number of hydrogen-bond donors (Lipinski definition) is 1. The first-order chi connectivity index (χ1) is 15.4. The third kappa shape index (κ3) is 6.63. The van der Waals surface area contributed by atoms with E-state index in [2.05, 4.69) is 58.5 Å². The summed E-state index contributed by atoms with van der Waals surface area (Å²) in [7, 11) is 2.05. The minimum absolute atomic E-state index is 0.398. The van der Waals surface area contributed by atoms with Gasteiger partial charge in [-0.25, -0.2) is 8.78 Å². The van der Waals surface area contributed by atoms with E-state index < -0.39 is 11.6 Å². The first-order valence-corrected chi connectivity index (χ1v) is 11.2. The lowest BCUT2D eigenvalue weighted by Gasteiger charge is -2.35. The van der Waals surface area contributed by atoms with Crippen molar-refractivity contribution in [3.05, 3.63) is 71.4 Å². The molecule has 1 aliphatic rings. The lowest BCUT2D eigenvalue weighted by atomic mass is 9.89. The Morgan fingerprint density at radius 2 is 1.94 bits per heavy atom. The molecule has 1 fully saturated rings. The molecule has 4 nitrogen and oxygen atoms in total. The smallest absolute Gasteiger partial charge is 0.129 e. The van der Waals surface area contributed by atoms with E-state index in [-0.39, 0.29) is 0 Å². The van der Waals surface area contributed by atoms with E-state index in [1.165, 1.54) is 17.3 Å². The summed E-state index contributed by atoms with van der Waals surface area (Å²) in [6.07, 6.45) is 2.60. The fraction of sp³-hybridized carbons (Fsp3) is 0.423. The number of nitrogens with zero attached hydrogens (tertiary/aromatic N) is 3. The summed E-state index contributed by atoms with van der Waals surface area (Å²) in [4.78, 5) is 8.46. The van der Waals surface area contributed by atoms with Crippen molar-refractivity contribution in [1.82, 2.24) is 4.90 Å². The van der Waals surface area contributed by atoms with Crippen molar-refractivity contribution >= 4 is 18.1 Å². The molecule has 1 aliphatic heterocycles. The number of nitrogens with one attached hydrogen (secondary N) is 1. The van der Waals surface area contributed by atoms with Crippen LogP contribution < -0.4 is 10.2 Å². The maximum absolute atomic E-state index is 14.0. The van der Waals surface area contributed by atoms with E-state index in [4.69, 9.17) is 0 Å². The predicted molar refractivity (Wildman–Crippen MR) is 131 cm³/mol. The van der Waals surface area contributed by atoms with Crippen molar-refractivity contribution in [2.45, 2.75) is 26.2 Å². The lowest BCUT2D eigenvalue weighted by molar-refractivity contribution is 0.374. The molecule has 6 heteroatoms. The fourth-order valence-corrected chi connectivity index (χ4v) is 4.28. The van der Waals surface area contributed by atoms with Gasteiger partial charge in [0.2, 0.25) is 0 Å². The van der Waals surface area contributed by atoms with Crippen LogP contribution in [0.25, 0.3) is 0 Å². The molecule has 1 heterocycles. The quantitative estimate of drug-likeness (QED) is 0.509. The van der Waals surface area contributed by atoms with Gasteiger partial charge < -0.3 is 10.2 Å². The molecule has 0 aliphatic carbocycles. The molecule has 2 aromatic carbocycles. The SMILES string of the molecule is C=NCCN(C)CC(=C)Nc1cc(C)ccc1N1CCC(Cc2ccc(F)cc2F)CC1. The Kier molecular flexibility index (Phi) is 8.39. The van der Waals surface area contributed by atoms with Gasteiger partial charge in [0.25, 0.3) is 0 Å². The summed E-state index contributed by atoms with van der Waals surface area (Å²) < 4.78 is 27.2. The second-order valence-corrected chi connectivity index (χ2v) is 8.80. The molecule has 0 amide bonds. The summed E-state index contributed by atoms with van der Waals surface area (Å²) in [5.41, 5.74) is 4.96. The second-order valence-electron chi connectivity index (χ2n) is 8.80. The topological polar surface area (TPSA) is 30.9 Å². The molecule has 32 heavy (non-hydrogen) atoms. The molecular weight excluding hydrogens is 406 g/mol. The third-order valence-electron chi connectivity index (χ3n) is 6.04. The van der Waals surface area contributed by atoms with Crippen molar-refractivity contribution in [3.63, 3.8) is 0 Å². The highest BCUT2D eigenvalue weighted by Crippen LogP contribution is 2.32. The second kappa shape index (κ2) is 11.2. The molecular formula is C26H34F2N4. The van der Waals surface area contributed by atoms with Crippen molar-refractivity contribution < 1.29 is 8.78 Å². The minimum atomic E-state index is -0.523. The Morgan fingerprint density at radius 3 is 2.62 bits per heavy atom. The van der Waals surface area contributed by atoms with Gasteiger partial charge in [-0.05, 0) is 75.2 Å². The van der Waals surface area contributed by atoms with E-state index in [1.54, 1.807) is 6.07 Å². The van der Waals surface area contributed by atoms with Crippen LogP contribution in [0.5, 0.6) is 0 Å². The summed E-state index contributed by atoms with van der Waals surface area (Å²) >= 11 is 0. The zero-order valence-electron chi connectivity index (χ0n) is 19.2. The standard InChI is InChI=1S/C26H34F2N4/c1-19-5-8-26(25(15-19)30-20(2)18-31(4)14-11-29-3)32-12-9-21(10-13-32)16-22-6-7-23(27)17-24(22)28/h5-8,15,17,21,30H,2-3,9-14,16,18H2,1,4H3.